The van der Waals surface area contributed by atoms with Crippen LogP contribution in [0.4, 0.5) is 0 Å². The summed E-state index contributed by atoms with van der Waals surface area (Å²) in [6.07, 6.45) is -0.413. The van der Waals surface area contributed by atoms with Gasteiger partial charge in [0.2, 0.25) is 0 Å². The molecule has 0 unspecified atom stereocenters. The summed E-state index contributed by atoms with van der Waals surface area (Å²) in [6, 6.07) is 20.6. The highest BCUT2D eigenvalue weighted by molar-refractivity contribution is 7.99. The number of rotatable bonds is 5. The lowest BCUT2D eigenvalue weighted by Crippen LogP contribution is -2.19. The molecule has 5 nitrogen and oxygen atoms in total. The maximum absolute atomic E-state index is 12.1. The molecule has 0 spiro atoms. The number of hydrogen-bond acceptors (Lipinski definition) is 5. The number of para-hydroxylation sites is 1. The van der Waals surface area contributed by atoms with Gasteiger partial charge >= 0.3 is 5.97 Å². The predicted octanol–water partition coefficient (Wildman–Crippen LogP) is 5.00. The summed E-state index contributed by atoms with van der Waals surface area (Å²) in [4.78, 5) is 15.4. The van der Waals surface area contributed by atoms with Crippen molar-refractivity contribution < 1.29 is 14.3 Å². The Labute approximate surface area is 181 Å². The van der Waals surface area contributed by atoms with Gasteiger partial charge in [0.1, 0.15) is 5.75 Å². The van der Waals surface area contributed by atoms with Crippen molar-refractivity contribution in [3.63, 3.8) is 0 Å². The maximum atomic E-state index is 12.1. The second-order valence-electron chi connectivity index (χ2n) is 7.63. The van der Waals surface area contributed by atoms with E-state index in [4.69, 9.17) is 9.47 Å². The molecule has 6 heteroatoms. The van der Waals surface area contributed by atoms with E-state index in [1.54, 1.807) is 18.9 Å². The molecule has 2 atom stereocenters. The zero-order valence-corrected chi connectivity index (χ0v) is 18.5. The average Bonchev–Trinajstić information content (AvgIpc) is 3.07. The van der Waals surface area contributed by atoms with Gasteiger partial charge in [0, 0.05) is 24.1 Å². The Kier molecular flexibility index (Phi) is 5.88. The van der Waals surface area contributed by atoms with Gasteiger partial charge in [-0.25, -0.2) is 0 Å². The third kappa shape index (κ3) is 3.98. The molecule has 1 aliphatic heterocycles. The van der Waals surface area contributed by atoms with Crippen LogP contribution in [-0.2, 0) is 16.1 Å². The van der Waals surface area contributed by atoms with E-state index in [2.05, 4.69) is 72.1 Å². The van der Waals surface area contributed by atoms with E-state index in [0.29, 0.717) is 0 Å². The van der Waals surface area contributed by atoms with Crippen molar-refractivity contribution in [2.45, 2.75) is 29.7 Å². The summed E-state index contributed by atoms with van der Waals surface area (Å²) >= 11 is 1.73. The number of aromatic nitrogens is 1. The van der Waals surface area contributed by atoms with E-state index in [1.807, 2.05) is 12.1 Å². The third-order valence-electron chi connectivity index (χ3n) is 5.13. The normalized spacial score (nSPS) is 17.8. The first-order valence-electron chi connectivity index (χ1n) is 9.90. The SMILES string of the molecule is COc1ccc([C@H]2Sc3ccccc3-n3c(CN(C)C)ccc3[C@H]2OC(C)=O)cc1. The Balaban J connectivity index is 1.90. The number of ether oxygens (including phenoxy) is 2. The molecular formula is C24H26N2O3S. The molecule has 0 bridgehead atoms. The molecule has 30 heavy (non-hydrogen) atoms. The zero-order chi connectivity index (χ0) is 21.3. The molecule has 0 saturated carbocycles. The van der Waals surface area contributed by atoms with Crippen LogP contribution in [0.1, 0.15) is 35.2 Å². The smallest absolute Gasteiger partial charge is 0.303 e. The van der Waals surface area contributed by atoms with Gasteiger partial charge in [0.25, 0.3) is 0 Å². The minimum atomic E-state index is -0.413. The van der Waals surface area contributed by atoms with Gasteiger partial charge in [-0.15, -0.1) is 11.8 Å². The summed E-state index contributed by atoms with van der Waals surface area (Å²) in [7, 11) is 5.77. The lowest BCUT2D eigenvalue weighted by Gasteiger charge is -2.25. The number of methoxy groups -OCH3 is 1. The summed E-state index contributed by atoms with van der Waals surface area (Å²) in [5.74, 6) is 0.519. The van der Waals surface area contributed by atoms with Gasteiger partial charge in [0.15, 0.2) is 6.10 Å². The van der Waals surface area contributed by atoms with E-state index >= 15 is 0 Å². The Morgan fingerprint density at radius 2 is 1.80 bits per heavy atom. The largest absolute Gasteiger partial charge is 0.497 e. The van der Waals surface area contributed by atoms with Crippen molar-refractivity contribution in [3.8, 4) is 11.4 Å². The van der Waals surface area contributed by atoms with E-state index in [9.17, 15) is 4.79 Å². The van der Waals surface area contributed by atoms with Crippen molar-refractivity contribution in [3.05, 3.63) is 77.6 Å². The first-order valence-corrected chi connectivity index (χ1v) is 10.8. The van der Waals surface area contributed by atoms with E-state index < -0.39 is 6.10 Å². The van der Waals surface area contributed by atoms with Crippen LogP contribution in [0.2, 0.25) is 0 Å². The second kappa shape index (κ2) is 8.58. The minimum absolute atomic E-state index is 0.0793. The number of thioether (sulfide) groups is 1. The summed E-state index contributed by atoms with van der Waals surface area (Å²) in [5, 5.41) is -0.0793. The van der Waals surface area contributed by atoms with Crippen LogP contribution < -0.4 is 4.74 Å². The topological polar surface area (TPSA) is 43.7 Å². The van der Waals surface area contributed by atoms with Gasteiger partial charge in [-0.3, -0.25) is 4.79 Å². The van der Waals surface area contributed by atoms with Crippen molar-refractivity contribution in [1.82, 2.24) is 9.47 Å². The highest BCUT2D eigenvalue weighted by Gasteiger charge is 2.35. The molecule has 2 heterocycles. The third-order valence-corrected chi connectivity index (χ3v) is 6.51. The summed E-state index contributed by atoms with van der Waals surface area (Å²) in [5.41, 5.74) is 4.36. The quantitative estimate of drug-likeness (QED) is 0.542. The predicted molar refractivity (Wildman–Crippen MR) is 119 cm³/mol. The molecule has 3 aromatic rings. The van der Waals surface area contributed by atoms with Gasteiger partial charge in [-0.1, -0.05) is 24.3 Å². The number of nitrogens with zero attached hydrogens (tertiary/aromatic N) is 2. The van der Waals surface area contributed by atoms with Crippen LogP contribution >= 0.6 is 11.8 Å². The van der Waals surface area contributed by atoms with Crippen molar-refractivity contribution in [2.75, 3.05) is 21.2 Å². The fourth-order valence-electron chi connectivity index (χ4n) is 3.89. The van der Waals surface area contributed by atoms with Gasteiger partial charge < -0.3 is 18.9 Å². The van der Waals surface area contributed by atoms with Crippen LogP contribution in [0.3, 0.4) is 0 Å². The van der Waals surface area contributed by atoms with Crippen molar-refractivity contribution in [2.24, 2.45) is 0 Å². The standard InChI is InChI=1S/C24H26N2O3S/c1-16(27)29-23-21-14-11-18(15-25(2)3)26(21)20-7-5-6-8-22(20)30-24(23)17-9-12-19(28-4)13-10-17/h5-14,23-24H,15H2,1-4H3/t23-,24-/m1/s1. The highest BCUT2D eigenvalue weighted by atomic mass is 32.2. The molecule has 1 aromatic heterocycles. The minimum Gasteiger partial charge on any atom is -0.497 e. The molecule has 0 saturated heterocycles. The van der Waals surface area contributed by atoms with Crippen LogP contribution in [0.25, 0.3) is 5.69 Å². The van der Waals surface area contributed by atoms with Gasteiger partial charge in [0.05, 0.1) is 23.7 Å². The number of benzene rings is 2. The Hall–Kier alpha value is -2.70. The van der Waals surface area contributed by atoms with E-state index in [1.165, 1.54) is 6.92 Å². The molecule has 0 amide bonds. The number of esters is 1. The Bertz CT molecular complexity index is 1040. The summed E-state index contributed by atoms with van der Waals surface area (Å²) < 4.78 is 13.5. The van der Waals surface area contributed by atoms with Crippen molar-refractivity contribution >= 4 is 17.7 Å². The molecule has 1 aliphatic rings. The highest BCUT2D eigenvalue weighted by Crippen LogP contribution is 2.51. The van der Waals surface area contributed by atoms with Gasteiger partial charge in [-0.2, -0.15) is 0 Å². The van der Waals surface area contributed by atoms with E-state index in [-0.39, 0.29) is 11.2 Å². The number of hydrogen-bond donors (Lipinski definition) is 0. The second-order valence-corrected chi connectivity index (χ2v) is 8.82. The first-order chi connectivity index (χ1) is 14.5. The average molecular weight is 423 g/mol. The summed E-state index contributed by atoms with van der Waals surface area (Å²) in [6.45, 7) is 2.26. The molecule has 4 rings (SSSR count). The van der Waals surface area contributed by atoms with Gasteiger partial charge in [-0.05, 0) is 56.1 Å². The van der Waals surface area contributed by atoms with Crippen LogP contribution in [0.5, 0.6) is 5.75 Å². The number of fused-ring (bicyclic) bond motifs is 3. The van der Waals surface area contributed by atoms with Crippen molar-refractivity contribution in [1.29, 1.82) is 0 Å². The lowest BCUT2D eigenvalue weighted by molar-refractivity contribution is -0.147. The maximum Gasteiger partial charge on any atom is 0.303 e. The fourth-order valence-corrected chi connectivity index (χ4v) is 5.21. The molecule has 0 N–H and O–H groups in total. The first kappa shape index (κ1) is 20.6. The zero-order valence-electron chi connectivity index (χ0n) is 17.7. The molecule has 156 valence electrons. The van der Waals surface area contributed by atoms with Crippen LogP contribution in [0, 0.1) is 0 Å². The monoisotopic (exact) mass is 422 g/mol. The number of carbonyl (C=O) groups is 1. The lowest BCUT2D eigenvalue weighted by atomic mass is 10.0. The van der Waals surface area contributed by atoms with Crippen LogP contribution in [0.15, 0.2) is 65.6 Å². The molecular weight excluding hydrogens is 396 g/mol. The Morgan fingerprint density at radius 3 is 2.47 bits per heavy atom. The van der Waals surface area contributed by atoms with E-state index in [0.717, 1.165) is 39.8 Å². The Morgan fingerprint density at radius 1 is 1.07 bits per heavy atom. The van der Waals surface area contributed by atoms with Crippen LogP contribution in [-0.4, -0.2) is 36.6 Å². The molecule has 0 radical (unpaired) electrons. The fraction of sp³-hybridized carbons (Fsp3) is 0.292. The molecule has 2 aromatic carbocycles. The molecule has 0 fully saturated rings. The molecule has 0 aliphatic carbocycles. The number of carbonyl (C=O) groups excluding carboxylic acids is 1.